The molecule has 7 nitrogen and oxygen atoms in total. The number of ether oxygens (including phenoxy) is 1. The Morgan fingerprint density at radius 3 is 2.52 bits per heavy atom. The van der Waals surface area contributed by atoms with Crippen LogP contribution in [0.4, 0.5) is 11.4 Å². The predicted octanol–water partition coefficient (Wildman–Crippen LogP) is 3.10. The number of hydrazine groups is 1. The Bertz CT molecular complexity index is 966. The topological polar surface area (TPSA) is 65.1 Å². The summed E-state index contributed by atoms with van der Waals surface area (Å²) in [7, 11) is 1.93. The second-order valence-corrected chi connectivity index (χ2v) is 8.51. The summed E-state index contributed by atoms with van der Waals surface area (Å²) < 4.78 is 5.61. The van der Waals surface area contributed by atoms with Crippen LogP contribution in [-0.4, -0.2) is 60.2 Å². The molecule has 1 spiro atoms. The van der Waals surface area contributed by atoms with Crippen molar-refractivity contribution in [3.63, 3.8) is 0 Å². The maximum Gasteiger partial charge on any atom is 0.276 e. The first-order valence-corrected chi connectivity index (χ1v) is 11.0. The number of amides is 2. The van der Waals surface area contributed by atoms with Gasteiger partial charge in [-0.2, -0.15) is 0 Å². The Kier molecular flexibility index (Phi) is 5.06. The van der Waals surface area contributed by atoms with Crippen LogP contribution in [-0.2, 0) is 9.53 Å². The van der Waals surface area contributed by atoms with E-state index in [1.54, 1.807) is 0 Å². The lowest BCUT2D eigenvalue weighted by Gasteiger charge is -2.54. The van der Waals surface area contributed by atoms with E-state index in [4.69, 9.17) is 4.74 Å². The molecule has 31 heavy (non-hydrogen) atoms. The van der Waals surface area contributed by atoms with Crippen LogP contribution >= 0.6 is 0 Å². The van der Waals surface area contributed by atoms with Crippen LogP contribution in [0.15, 0.2) is 54.6 Å². The average molecular weight is 421 g/mol. The summed E-state index contributed by atoms with van der Waals surface area (Å²) in [5.41, 5.74) is 1.86. The maximum atomic E-state index is 13.7. The number of nitrogens with zero attached hydrogens (tertiary/aromatic N) is 3. The highest BCUT2D eigenvalue weighted by atomic mass is 16.5. The SMILES string of the molecule is CN(c1ccccc1)N1C(=O)c2ccccc2NC12CCN(C(=O)C1CCCO1)CC2. The number of benzene rings is 2. The molecule has 1 N–H and O–H groups in total. The number of fused-ring (bicyclic) bond motifs is 1. The number of likely N-dealkylation sites (tertiary alicyclic amines) is 1. The molecule has 0 radical (unpaired) electrons. The molecule has 3 aliphatic heterocycles. The summed E-state index contributed by atoms with van der Waals surface area (Å²) in [4.78, 5) is 28.4. The highest BCUT2D eigenvalue weighted by Gasteiger charge is 2.49. The molecule has 7 heteroatoms. The van der Waals surface area contributed by atoms with Crippen LogP contribution in [0.1, 0.15) is 36.0 Å². The normalized spacial score (nSPS) is 22.2. The summed E-state index contributed by atoms with van der Waals surface area (Å²) in [6.07, 6.45) is 2.72. The van der Waals surface area contributed by atoms with Gasteiger partial charge < -0.3 is 15.0 Å². The number of carbonyl (C=O) groups excluding carboxylic acids is 2. The first kappa shape index (κ1) is 19.9. The van der Waals surface area contributed by atoms with E-state index >= 15 is 0 Å². The minimum Gasteiger partial charge on any atom is -0.368 e. The smallest absolute Gasteiger partial charge is 0.276 e. The fraction of sp³-hybridized carbons (Fsp3) is 0.417. The lowest BCUT2D eigenvalue weighted by Crippen LogP contribution is -2.69. The van der Waals surface area contributed by atoms with E-state index in [-0.39, 0.29) is 17.9 Å². The summed E-state index contributed by atoms with van der Waals surface area (Å²) in [5, 5.41) is 7.45. The van der Waals surface area contributed by atoms with E-state index < -0.39 is 5.66 Å². The molecule has 1 atom stereocenters. The second kappa shape index (κ2) is 7.89. The molecule has 5 rings (SSSR count). The third kappa shape index (κ3) is 3.43. The summed E-state index contributed by atoms with van der Waals surface area (Å²) >= 11 is 0. The van der Waals surface area contributed by atoms with E-state index in [0.717, 1.165) is 24.2 Å². The molecule has 2 amide bonds. The molecule has 3 heterocycles. The molecular formula is C24H28N4O3. The minimum absolute atomic E-state index is 0.0281. The molecule has 2 fully saturated rings. The van der Waals surface area contributed by atoms with Gasteiger partial charge in [-0.3, -0.25) is 14.6 Å². The average Bonchev–Trinajstić information content (AvgIpc) is 3.35. The molecule has 0 aromatic heterocycles. The summed E-state index contributed by atoms with van der Waals surface area (Å²) in [6, 6.07) is 17.6. The summed E-state index contributed by atoms with van der Waals surface area (Å²) in [6.45, 7) is 1.83. The quantitative estimate of drug-likeness (QED) is 0.827. The molecule has 2 aromatic carbocycles. The third-order valence-electron chi connectivity index (χ3n) is 6.66. The van der Waals surface area contributed by atoms with Crippen molar-refractivity contribution >= 4 is 23.2 Å². The fourth-order valence-electron chi connectivity index (χ4n) is 4.98. The van der Waals surface area contributed by atoms with Gasteiger partial charge in [-0.25, -0.2) is 5.01 Å². The fourth-order valence-corrected chi connectivity index (χ4v) is 4.98. The van der Waals surface area contributed by atoms with Gasteiger partial charge in [0.2, 0.25) is 0 Å². The molecule has 0 aliphatic carbocycles. The lowest BCUT2D eigenvalue weighted by molar-refractivity contribution is -0.143. The van der Waals surface area contributed by atoms with Crippen molar-refractivity contribution in [2.24, 2.45) is 0 Å². The van der Waals surface area contributed by atoms with Gasteiger partial charge in [-0.05, 0) is 37.1 Å². The Labute approximate surface area is 182 Å². The zero-order valence-electron chi connectivity index (χ0n) is 17.8. The number of carbonyl (C=O) groups is 2. The van der Waals surface area contributed by atoms with Gasteiger partial charge in [0, 0.05) is 45.3 Å². The number of nitrogens with one attached hydrogen (secondary N) is 1. The van der Waals surface area contributed by atoms with Gasteiger partial charge in [-0.15, -0.1) is 0 Å². The number of piperidine rings is 1. The van der Waals surface area contributed by atoms with Crippen molar-refractivity contribution in [1.29, 1.82) is 0 Å². The maximum absolute atomic E-state index is 13.7. The van der Waals surface area contributed by atoms with Gasteiger partial charge in [0.15, 0.2) is 0 Å². The van der Waals surface area contributed by atoms with Crippen LogP contribution in [0.2, 0.25) is 0 Å². The lowest BCUT2D eigenvalue weighted by atomic mass is 9.91. The third-order valence-corrected chi connectivity index (χ3v) is 6.66. The van der Waals surface area contributed by atoms with E-state index in [2.05, 4.69) is 5.32 Å². The molecule has 0 bridgehead atoms. The van der Waals surface area contributed by atoms with Gasteiger partial charge in [-0.1, -0.05) is 30.3 Å². The van der Waals surface area contributed by atoms with Crippen molar-refractivity contribution in [2.75, 3.05) is 37.1 Å². The monoisotopic (exact) mass is 420 g/mol. The summed E-state index contributed by atoms with van der Waals surface area (Å²) in [5.74, 6) is 0.0532. The van der Waals surface area contributed by atoms with Crippen LogP contribution in [0.25, 0.3) is 0 Å². The Morgan fingerprint density at radius 2 is 1.81 bits per heavy atom. The van der Waals surface area contributed by atoms with Crippen LogP contribution in [0.5, 0.6) is 0 Å². The predicted molar refractivity (Wildman–Crippen MR) is 119 cm³/mol. The highest BCUT2D eigenvalue weighted by Crippen LogP contribution is 2.39. The largest absolute Gasteiger partial charge is 0.368 e. The van der Waals surface area contributed by atoms with E-state index in [9.17, 15) is 9.59 Å². The zero-order chi connectivity index (χ0) is 21.4. The number of hydrogen-bond acceptors (Lipinski definition) is 5. The van der Waals surface area contributed by atoms with E-state index in [1.165, 1.54) is 0 Å². The number of anilines is 2. The molecule has 1 unspecified atom stereocenters. The van der Waals surface area contributed by atoms with E-state index in [0.29, 0.717) is 38.1 Å². The second-order valence-electron chi connectivity index (χ2n) is 8.51. The first-order valence-electron chi connectivity index (χ1n) is 11.0. The standard InChI is InChI=1S/C24H28N4O3/c1-26(18-8-3-2-4-9-18)28-22(29)19-10-5-6-11-20(19)25-24(28)13-15-27(16-14-24)23(30)21-12-7-17-31-21/h2-6,8-11,21,25H,7,12-17H2,1H3. The molecule has 2 aromatic rings. The Balaban J connectivity index is 1.45. The van der Waals surface area contributed by atoms with Crippen molar-refractivity contribution in [3.05, 3.63) is 60.2 Å². The number of rotatable bonds is 3. The Hall–Kier alpha value is -3.06. The molecule has 0 saturated carbocycles. The minimum atomic E-state index is -0.594. The van der Waals surface area contributed by atoms with Gasteiger partial charge >= 0.3 is 0 Å². The zero-order valence-corrected chi connectivity index (χ0v) is 17.8. The molecular weight excluding hydrogens is 392 g/mol. The van der Waals surface area contributed by atoms with Gasteiger partial charge in [0.05, 0.1) is 11.3 Å². The Morgan fingerprint density at radius 1 is 1.10 bits per heavy atom. The van der Waals surface area contributed by atoms with Crippen LogP contribution < -0.4 is 10.3 Å². The van der Waals surface area contributed by atoms with Crippen molar-refractivity contribution in [2.45, 2.75) is 37.5 Å². The molecule has 162 valence electrons. The van der Waals surface area contributed by atoms with Gasteiger partial charge in [0.1, 0.15) is 11.8 Å². The highest BCUT2D eigenvalue weighted by molar-refractivity contribution is 6.03. The van der Waals surface area contributed by atoms with Gasteiger partial charge in [0.25, 0.3) is 11.8 Å². The first-order chi connectivity index (χ1) is 15.1. The number of para-hydroxylation sites is 2. The molecule has 2 saturated heterocycles. The van der Waals surface area contributed by atoms with Crippen molar-refractivity contribution in [1.82, 2.24) is 9.91 Å². The molecule has 3 aliphatic rings. The van der Waals surface area contributed by atoms with E-state index in [1.807, 2.05) is 76.6 Å². The van der Waals surface area contributed by atoms with Crippen molar-refractivity contribution < 1.29 is 14.3 Å². The van der Waals surface area contributed by atoms with Crippen LogP contribution in [0.3, 0.4) is 0 Å². The van der Waals surface area contributed by atoms with Crippen LogP contribution in [0, 0.1) is 0 Å². The van der Waals surface area contributed by atoms with Crippen molar-refractivity contribution in [3.8, 4) is 0 Å². The number of hydrogen-bond donors (Lipinski definition) is 1.